The Hall–Kier alpha value is -0.500. The molecule has 0 aromatic heterocycles. The third-order valence-electron chi connectivity index (χ3n) is 1.74. The molecule has 1 nitrogen and oxygen atoms in total. The molecule has 0 saturated heterocycles. The van der Waals surface area contributed by atoms with Gasteiger partial charge in [0.25, 0.3) is 0 Å². The van der Waals surface area contributed by atoms with Crippen molar-refractivity contribution in [3.8, 4) is 0 Å². The van der Waals surface area contributed by atoms with Crippen LogP contribution in [0.25, 0.3) is 0 Å². The van der Waals surface area contributed by atoms with Crippen LogP contribution in [0.2, 0.25) is 10.0 Å². The fourth-order valence-electron chi connectivity index (χ4n) is 1.11. The molecule has 0 fully saturated rings. The van der Waals surface area contributed by atoms with Crippen molar-refractivity contribution in [3.63, 3.8) is 0 Å². The van der Waals surface area contributed by atoms with Crippen LogP contribution in [0, 0.1) is 6.92 Å². The summed E-state index contributed by atoms with van der Waals surface area (Å²) in [5.74, 6) is 0. The minimum atomic E-state index is -0.805. The molecule has 1 N–H and O–H groups in total. The fraction of sp³-hybridized carbons (Fsp3) is 0.200. The second kappa shape index (κ2) is 4.14. The summed E-state index contributed by atoms with van der Waals surface area (Å²) in [6.07, 6.45) is 0.586. The maximum absolute atomic E-state index is 9.49. The quantitative estimate of drug-likeness (QED) is 0.751. The molecule has 1 unspecified atom stereocenters. The lowest BCUT2D eigenvalue weighted by molar-refractivity contribution is 0.229. The molecule has 1 rings (SSSR count). The molecule has 0 aliphatic heterocycles. The van der Waals surface area contributed by atoms with Gasteiger partial charge in [-0.15, -0.1) is 6.58 Å². The maximum atomic E-state index is 9.49. The summed E-state index contributed by atoms with van der Waals surface area (Å²) in [6, 6.07) is 3.52. The smallest absolute Gasteiger partial charge is 0.0998 e. The molecule has 0 spiro atoms. The lowest BCUT2D eigenvalue weighted by atomic mass is 10.1. The Morgan fingerprint density at radius 3 is 2.23 bits per heavy atom. The minimum Gasteiger partial charge on any atom is -0.384 e. The van der Waals surface area contributed by atoms with E-state index in [1.165, 1.54) is 6.08 Å². The van der Waals surface area contributed by atoms with E-state index in [0.29, 0.717) is 15.6 Å². The van der Waals surface area contributed by atoms with Crippen molar-refractivity contribution in [1.29, 1.82) is 0 Å². The van der Waals surface area contributed by atoms with E-state index in [1.54, 1.807) is 12.1 Å². The van der Waals surface area contributed by atoms with Crippen LogP contribution in [0.15, 0.2) is 24.8 Å². The van der Waals surface area contributed by atoms with E-state index in [0.717, 1.165) is 5.56 Å². The topological polar surface area (TPSA) is 20.2 Å². The number of aliphatic hydroxyl groups is 1. The average Bonchev–Trinajstić information content (AvgIpc) is 2.02. The van der Waals surface area contributed by atoms with Gasteiger partial charge in [-0.2, -0.15) is 0 Å². The monoisotopic (exact) mass is 216 g/mol. The Balaban J connectivity index is 3.28. The van der Waals surface area contributed by atoms with E-state index >= 15 is 0 Å². The predicted molar refractivity (Wildman–Crippen MR) is 56.4 cm³/mol. The summed E-state index contributed by atoms with van der Waals surface area (Å²) < 4.78 is 0. The largest absolute Gasteiger partial charge is 0.384 e. The normalized spacial score (nSPS) is 12.6. The first-order valence-corrected chi connectivity index (χ1v) is 4.58. The summed E-state index contributed by atoms with van der Waals surface area (Å²) in [6.45, 7) is 5.37. The summed E-state index contributed by atoms with van der Waals surface area (Å²) in [4.78, 5) is 0. The van der Waals surface area contributed by atoms with E-state index in [-0.39, 0.29) is 0 Å². The van der Waals surface area contributed by atoms with Crippen LogP contribution in [-0.2, 0) is 0 Å². The Bertz CT molecular complexity index is 311. The highest BCUT2D eigenvalue weighted by atomic mass is 35.5. The molecule has 0 aliphatic carbocycles. The number of aryl methyl sites for hydroxylation is 1. The van der Waals surface area contributed by atoms with Gasteiger partial charge in [-0.1, -0.05) is 29.3 Å². The van der Waals surface area contributed by atoms with Crippen LogP contribution >= 0.6 is 23.2 Å². The van der Waals surface area contributed by atoms with Crippen molar-refractivity contribution < 1.29 is 5.11 Å². The van der Waals surface area contributed by atoms with Crippen molar-refractivity contribution in [2.24, 2.45) is 0 Å². The van der Waals surface area contributed by atoms with Crippen LogP contribution < -0.4 is 0 Å². The molecule has 70 valence electrons. The maximum Gasteiger partial charge on any atom is 0.0998 e. The molecule has 1 aromatic rings. The van der Waals surface area contributed by atoms with Crippen LogP contribution in [0.4, 0.5) is 0 Å². The SMILES string of the molecule is C=CC(O)c1c(Cl)cc(C)cc1Cl. The summed E-state index contributed by atoms with van der Waals surface area (Å²) in [5.41, 5.74) is 1.49. The fourth-order valence-corrected chi connectivity index (χ4v) is 1.93. The Kier molecular flexibility index (Phi) is 3.37. The lowest BCUT2D eigenvalue weighted by Crippen LogP contribution is -1.95. The Morgan fingerprint density at radius 2 is 1.85 bits per heavy atom. The van der Waals surface area contributed by atoms with Crippen molar-refractivity contribution >= 4 is 23.2 Å². The predicted octanol–water partition coefficient (Wildman–Crippen LogP) is 3.52. The number of aliphatic hydroxyl groups excluding tert-OH is 1. The molecule has 1 aromatic carbocycles. The van der Waals surface area contributed by atoms with Crippen LogP contribution in [-0.4, -0.2) is 5.11 Å². The first-order valence-electron chi connectivity index (χ1n) is 3.82. The zero-order chi connectivity index (χ0) is 10.0. The molecular weight excluding hydrogens is 207 g/mol. The molecule has 0 radical (unpaired) electrons. The minimum absolute atomic E-state index is 0.470. The van der Waals surface area contributed by atoms with Crippen LogP contribution in [0.3, 0.4) is 0 Å². The highest BCUT2D eigenvalue weighted by Crippen LogP contribution is 2.31. The lowest BCUT2D eigenvalue weighted by Gasteiger charge is -2.11. The van der Waals surface area contributed by atoms with E-state index in [2.05, 4.69) is 6.58 Å². The Labute approximate surface area is 87.6 Å². The molecule has 0 amide bonds. The third kappa shape index (κ3) is 2.25. The van der Waals surface area contributed by atoms with E-state index in [9.17, 15) is 5.11 Å². The van der Waals surface area contributed by atoms with Crippen LogP contribution in [0.1, 0.15) is 17.2 Å². The summed E-state index contributed by atoms with van der Waals surface area (Å²) >= 11 is 11.8. The summed E-state index contributed by atoms with van der Waals surface area (Å²) in [7, 11) is 0. The van der Waals surface area contributed by atoms with E-state index in [1.807, 2.05) is 6.92 Å². The number of hydrogen-bond acceptors (Lipinski definition) is 1. The van der Waals surface area contributed by atoms with Crippen molar-refractivity contribution in [1.82, 2.24) is 0 Å². The van der Waals surface area contributed by atoms with Crippen LogP contribution in [0.5, 0.6) is 0 Å². The second-order valence-electron chi connectivity index (χ2n) is 2.82. The molecule has 0 bridgehead atoms. The van der Waals surface area contributed by atoms with Crippen molar-refractivity contribution in [2.75, 3.05) is 0 Å². The zero-order valence-corrected chi connectivity index (χ0v) is 8.73. The van der Waals surface area contributed by atoms with Gasteiger partial charge < -0.3 is 5.11 Å². The van der Waals surface area contributed by atoms with Gasteiger partial charge in [-0.05, 0) is 24.6 Å². The van der Waals surface area contributed by atoms with E-state index in [4.69, 9.17) is 23.2 Å². The third-order valence-corrected chi connectivity index (χ3v) is 2.37. The van der Waals surface area contributed by atoms with E-state index < -0.39 is 6.10 Å². The van der Waals surface area contributed by atoms with Gasteiger partial charge in [0.2, 0.25) is 0 Å². The van der Waals surface area contributed by atoms with Gasteiger partial charge in [0.1, 0.15) is 0 Å². The molecule has 3 heteroatoms. The van der Waals surface area contributed by atoms with Gasteiger partial charge in [0.05, 0.1) is 6.10 Å². The van der Waals surface area contributed by atoms with Gasteiger partial charge in [0.15, 0.2) is 0 Å². The molecular formula is C10H10Cl2O. The van der Waals surface area contributed by atoms with Crippen molar-refractivity contribution in [2.45, 2.75) is 13.0 Å². The second-order valence-corrected chi connectivity index (χ2v) is 3.64. The first-order chi connectivity index (χ1) is 6.06. The highest BCUT2D eigenvalue weighted by Gasteiger charge is 2.12. The summed E-state index contributed by atoms with van der Waals surface area (Å²) in [5, 5.41) is 10.4. The molecule has 0 heterocycles. The molecule has 0 aliphatic rings. The number of halogens is 2. The number of rotatable bonds is 2. The number of benzene rings is 1. The Morgan fingerprint density at radius 1 is 1.38 bits per heavy atom. The molecule has 13 heavy (non-hydrogen) atoms. The van der Waals surface area contributed by atoms with Gasteiger partial charge in [-0.25, -0.2) is 0 Å². The van der Waals surface area contributed by atoms with Gasteiger partial charge >= 0.3 is 0 Å². The highest BCUT2D eigenvalue weighted by molar-refractivity contribution is 6.36. The standard InChI is InChI=1S/C10H10Cl2O/c1-3-9(13)10-7(11)4-6(2)5-8(10)12/h3-5,9,13H,1H2,2H3. The zero-order valence-electron chi connectivity index (χ0n) is 7.22. The molecule has 1 atom stereocenters. The van der Waals surface area contributed by atoms with Gasteiger partial charge in [0, 0.05) is 15.6 Å². The number of hydrogen-bond donors (Lipinski definition) is 1. The van der Waals surface area contributed by atoms with Gasteiger partial charge in [-0.3, -0.25) is 0 Å². The molecule has 0 saturated carbocycles. The first kappa shape index (κ1) is 10.6. The van der Waals surface area contributed by atoms with Crippen molar-refractivity contribution in [3.05, 3.63) is 46.0 Å². The average molecular weight is 217 g/mol.